The highest BCUT2D eigenvalue weighted by Crippen LogP contribution is 2.24. The van der Waals surface area contributed by atoms with Crippen LogP contribution in [-0.2, 0) is 14.8 Å². The highest BCUT2D eigenvalue weighted by molar-refractivity contribution is 7.89. The molecular formula is C20H19ClN4O4S. The maximum atomic E-state index is 12.9. The molecule has 1 amide bonds. The monoisotopic (exact) mass is 446 g/mol. The molecule has 1 aliphatic rings. The normalized spacial score (nSPS) is 15.1. The number of rotatable bonds is 5. The number of carbonyl (C=O) groups is 1. The lowest BCUT2D eigenvalue weighted by atomic mass is 10.2. The summed E-state index contributed by atoms with van der Waals surface area (Å²) in [4.78, 5) is 12.8. The number of nitrogens with zero attached hydrogens (tertiary/aromatic N) is 3. The number of sulfonamides is 1. The topological polar surface area (TPSA) is 93.5 Å². The van der Waals surface area contributed by atoms with Crippen LogP contribution in [-0.4, -0.2) is 54.7 Å². The Bertz CT molecular complexity index is 1160. The van der Waals surface area contributed by atoms with Crippen LogP contribution >= 0.6 is 11.6 Å². The molecule has 3 aromatic rings. The molecule has 10 heteroatoms. The largest absolute Gasteiger partial charge is 0.379 e. The summed E-state index contributed by atoms with van der Waals surface area (Å²) in [5.74, 6) is -0.223. The minimum Gasteiger partial charge on any atom is -0.379 e. The molecule has 1 N–H and O–H groups in total. The minimum absolute atomic E-state index is 0.00812. The third kappa shape index (κ3) is 4.24. The van der Waals surface area contributed by atoms with Crippen molar-refractivity contribution in [2.75, 3.05) is 31.6 Å². The summed E-state index contributed by atoms with van der Waals surface area (Å²) in [5, 5.41) is 7.13. The Kier molecular flexibility index (Phi) is 5.87. The number of aromatic nitrogens is 2. The average Bonchev–Trinajstić information content (AvgIpc) is 3.23. The van der Waals surface area contributed by atoms with Crippen LogP contribution in [0.2, 0.25) is 5.02 Å². The summed E-state index contributed by atoms with van der Waals surface area (Å²) >= 11 is 6.18. The van der Waals surface area contributed by atoms with Crippen LogP contribution in [0.25, 0.3) is 5.69 Å². The van der Waals surface area contributed by atoms with Crippen molar-refractivity contribution < 1.29 is 17.9 Å². The first-order valence-electron chi connectivity index (χ1n) is 9.25. The standard InChI is InChI=1S/C20H19ClN4O4S/c21-18-7-6-16(30(27,28)24-10-12-29-13-11-24)14-17(18)20(26)22-19-8-9-25(23-19)15-4-2-1-3-5-15/h1-9,14H,10-13H2,(H,22,23,26). The Morgan fingerprint density at radius 1 is 1.07 bits per heavy atom. The second kappa shape index (κ2) is 8.57. The summed E-state index contributed by atoms with van der Waals surface area (Å²) in [7, 11) is -3.74. The fraction of sp³-hybridized carbons (Fsp3) is 0.200. The Labute approximate surface area is 179 Å². The van der Waals surface area contributed by atoms with E-state index >= 15 is 0 Å². The molecule has 0 bridgehead atoms. The van der Waals surface area contributed by atoms with Gasteiger partial charge in [0.05, 0.1) is 34.4 Å². The van der Waals surface area contributed by atoms with Crippen molar-refractivity contribution in [3.63, 3.8) is 0 Å². The summed E-state index contributed by atoms with van der Waals surface area (Å²) in [6, 6.07) is 15.2. The second-order valence-corrected chi connectivity index (χ2v) is 8.94. The SMILES string of the molecule is O=C(Nc1ccn(-c2ccccc2)n1)c1cc(S(=O)(=O)N2CCOCC2)ccc1Cl. The van der Waals surface area contributed by atoms with Crippen LogP contribution in [0.5, 0.6) is 0 Å². The van der Waals surface area contributed by atoms with Crippen LogP contribution in [0.3, 0.4) is 0 Å². The molecule has 0 atom stereocenters. The summed E-state index contributed by atoms with van der Waals surface area (Å²) in [6.07, 6.45) is 1.71. The lowest BCUT2D eigenvalue weighted by Crippen LogP contribution is -2.40. The smallest absolute Gasteiger partial charge is 0.258 e. The average molecular weight is 447 g/mol. The predicted molar refractivity (Wildman–Crippen MR) is 113 cm³/mol. The molecule has 1 fully saturated rings. The van der Waals surface area contributed by atoms with Gasteiger partial charge in [0.15, 0.2) is 5.82 Å². The molecule has 30 heavy (non-hydrogen) atoms. The van der Waals surface area contributed by atoms with Crippen molar-refractivity contribution >= 4 is 33.3 Å². The van der Waals surface area contributed by atoms with Crippen LogP contribution in [0.15, 0.2) is 65.7 Å². The van der Waals surface area contributed by atoms with E-state index in [0.717, 1.165) is 5.69 Å². The van der Waals surface area contributed by atoms with Crippen LogP contribution in [0.1, 0.15) is 10.4 Å². The van der Waals surface area contributed by atoms with Gasteiger partial charge < -0.3 is 10.1 Å². The molecule has 156 valence electrons. The van der Waals surface area contributed by atoms with Gasteiger partial charge in [0, 0.05) is 25.4 Å². The first kappa shape index (κ1) is 20.5. The van der Waals surface area contributed by atoms with E-state index in [1.165, 1.54) is 22.5 Å². The molecule has 0 radical (unpaired) electrons. The van der Waals surface area contributed by atoms with Crippen molar-refractivity contribution in [2.45, 2.75) is 4.90 Å². The van der Waals surface area contributed by atoms with E-state index in [1.807, 2.05) is 30.3 Å². The third-order valence-corrected chi connectivity index (χ3v) is 6.87. The lowest BCUT2D eigenvalue weighted by molar-refractivity contribution is 0.0730. The number of carbonyl (C=O) groups excluding carboxylic acids is 1. The molecule has 0 spiro atoms. The zero-order valence-electron chi connectivity index (χ0n) is 15.9. The molecule has 1 aromatic heterocycles. The number of hydrogen-bond acceptors (Lipinski definition) is 5. The van der Waals surface area contributed by atoms with E-state index in [-0.39, 0.29) is 28.6 Å². The molecule has 1 saturated heterocycles. The first-order chi connectivity index (χ1) is 14.4. The molecule has 0 aliphatic carbocycles. The zero-order valence-corrected chi connectivity index (χ0v) is 17.4. The van der Waals surface area contributed by atoms with Gasteiger partial charge >= 0.3 is 0 Å². The molecule has 1 aliphatic heterocycles. The van der Waals surface area contributed by atoms with E-state index in [0.29, 0.717) is 19.0 Å². The van der Waals surface area contributed by atoms with Gasteiger partial charge in [-0.05, 0) is 30.3 Å². The van der Waals surface area contributed by atoms with E-state index < -0.39 is 15.9 Å². The predicted octanol–water partition coefficient (Wildman–Crippen LogP) is 2.80. The quantitative estimate of drug-likeness (QED) is 0.650. The molecule has 2 aromatic carbocycles. The molecule has 2 heterocycles. The van der Waals surface area contributed by atoms with Gasteiger partial charge in [-0.1, -0.05) is 29.8 Å². The van der Waals surface area contributed by atoms with Gasteiger partial charge in [0.25, 0.3) is 5.91 Å². The number of halogens is 1. The van der Waals surface area contributed by atoms with Gasteiger partial charge in [-0.2, -0.15) is 9.40 Å². The van der Waals surface area contributed by atoms with Crippen molar-refractivity contribution in [3.8, 4) is 5.69 Å². The van der Waals surface area contributed by atoms with E-state index in [1.54, 1.807) is 16.9 Å². The van der Waals surface area contributed by atoms with Crippen LogP contribution in [0, 0.1) is 0 Å². The number of morpholine rings is 1. The Morgan fingerprint density at radius 3 is 2.53 bits per heavy atom. The van der Waals surface area contributed by atoms with Gasteiger partial charge in [0.2, 0.25) is 10.0 Å². The van der Waals surface area contributed by atoms with Crippen molar-refractivity contribution in [1.29, 1.82) is 0 Å². The number of benzene rings is 2. The van der Waals surface area contributed by atoms with Gasteiger partial charge in [-0.15, -0.1) is 0 Å². The molecule has 0 saturated carbocycles. The van der Waals surface area contributed by atoms with Crippen molar-refractivity contribution in [1.82, 2.24) is 14.1 Å². The Morgan fingerprint density at radius 2 is 1.80 bits per heavy atom. The number of amides is 1. The Balaban J connectivity index is 1.56. The fourth-order valence-electron chi connectivity index (χ4n) is 3.07. The third-order valence-electron chi connectivity index (χ3n) is 4.64. The van der Waals surface area contributed by atoms with Crippen molar-refractivity contribution in [2.24, 2.45) is 0 Å². The van der Waals surface area contributed by atoms with Gasteiger partial charge in [0.1, 0.15) is 0 Å². The highest BCUT2D eigenvalue weighted by Gasteiger charge is 2.27. The van der Waals surface area contributed by atoms with Gasteiger partial charge in [-0.25, -0.2) is 13.1 Å². The summed E-state index contributed by atoms with van der Waals surface area (Å²) in [5.41, 5.74) is 0.898. The number of para-hydroxylation sites is 1. The molecule has 4 rings (SSSR count). The van der Waals surface area contributed by atoms with E-state index in [9.17, 15) is 13.2 Å². The summed E-state index contributed by atoms with van der Waals surface area (Å²) in [6.45, 7) is 1.21. The molecular weight excluding hydrogens is 428 g/mol. The second-order valence-electron chi connectivity index (χ2n) is 6.59. The number of hydrogen-bond donors (Lipinski definition) is 1. The number of anilines is 1. The molecule has 0 unspecified atom stereocenters. The minimum atomic E-state index is -3.74. The van der Waals surface area contributed by atoms with Crippen LogP contribution in [0.4, 0.5) is 5.82 Å². The van der Waals surface area contributed by atoms with E-state index in [4.69, 9.17) is 16.3 Å². The lowest BCUT2D eigenvalue weighted by Gasteiger charge is -2.26. The highest BCUT2D eigenvalue weighted by atomic mass is 35.5. The van der Waals surface area contributed by atoms with E-state index in [2.05, 4.69) is 10.4 Å². The summed E-state index contributed by atoms with van der Waals surface area (Å²) < 4.78 is 33.9. The zero-order chi connectivity index (χ0) is 21.1. The Hall–Kier alpha value is -2.72. The maximum Gasteiger partial charge on any atom is 0.258 e. The fourth-order valence-corrected chi connectivity index (χ4v) is 4.71. The maximum absolute atomic E-state index is 12.9. The first-order valence-corrected chi connectivity index (χ1v) is 11.1. The van der Waals surface area contributed by atoms with Crippen molar-refractivity contribution in [3.05, 3.63) is 71.4 Å². The number of nitrogens with one attached hydrogen (secondary N) is 1. The van der Waals surface area contributed by atoms with Crippen LogP contribution < -0.4 is 5.32 Å². The number of ether oxygens (including phenoxy) is 1. The molecule has 8 nitrogen and oxygen atoms in total. The van der Waals surface area contributed by atoms with Gasteiger partial charge in [-0.3, -0.25) is 4.79 Å².